The van der Waals surface area contributed by atoms with E-state index in [1.807, 2.05) is 0 Å². The molecule has 66 valence electrons. The van der Waals surface area contributed by atoms with Gasteiger partial charge in [0.05, 0.1) is 5.02 Å². The molecule has 0 saturated carbocycles. The Balaban J connectivity index is 3.21. The summed E-state index contributed by atoms with van der Waals surface area (Å²) >= 11 is 6.82. The lowest BCUT2D eigenvalue weighted by molar-refractivity contribution is 0.145. The average Bonchev–Trinajstić information content (AvgIpc) is 1.99. The molecule has 0 atom stereocenters. The minimum absolute atomic E-state index is 0.143. The Morgan fingerprint density at radius 3 is 2.50 bits per heavy atom. The van der Waals surface area contributed by atoms with Gasteiger partial charge in [0.1, 0.15) is 9.39 Å². The fraction of sp³-hybridized carbons (Fsp3) is 0.167. The van der Waals surface area contributed by atoms with E-state index in [9.17, 15) is 13.2 Å². The number of hydrogen-bond donors (Lipinski definition) is 0. The molecule has 1 nitrogen and oxygen atoms in total. The van der Waals surface area contributed by atoms with Crippen molar-refractivity contribution in [1.82, 2.24) is 4.98 Å². The summed E-state index contributed by atoms with van der Waals surface area (Å²) in [5.41, 5.74) is -0.509. The van der Waals surface area contributed by atoms with Gasteiger partial charge in [-0.15, -0.1) is 0 Å². The Kier molecular flexibility index (Phi) is 3.16. The summed E-state index contributed by atoms with van der Waals surface area (Å²) in [5.74, 6) is -0.762. The molecule has 0 radical (unpaired) electrons. The third-order valence-electron chi connectivity index (χ3n) is 1.12. The number of halogens is 5. The second kappa shape index (κ2) is 3.78. The summed E-state index contributed by atoms with van der Waals surface area (Å²) in [4.78, 5) is 3.31. The number of aromatic nitrogens is 1. The lowest BCUT2D eigenvalue weighted by Gasteiger charge is -2.01. The fourth-order valence-electron chi connectivity index (χ4n) is 0.598. The van der Waals surface area contributed by atoms with Crippen LogP contribution in [0.15, 0.2) is 6.07 Å². The van der Waals surface area contributed by atoms with Gasteiger partial charge in [0.2, 0.25) is 0 Å². The van der Waals surface area contributed by atoms with Gasteiger partial charge in [-0.1, -0.05) is 11.6 Å². The Morgan fingerprint density at radius 1 is 1.50 bits per heavy atom. The van der Waals surface area contributed by atoms with E-state index in [1.54, 1.807) is 0 Å². The van der Waals surface area contributed by atoms with E-state index < -0.39 is 17.9 Å². The van der Waals surface area contributed by atoms with Crippen LogP contribution in [0.3, 0.4) is 0 Å². The van der Waals surface area contributed by atoms with Gasteiger partial charge in [0, 0.05) is 0 Å². The number of hydrogen-bond acceptors (Lipinski definition) is 1. The quantitative estimate of drug-likeness (QED) is 0.572. The van der Waals surface area contributed by atoms with Crippen LogP contribution in [0.25, 0.3) is 0 Å². The zero-order valence-corrected chi connectivity index (χ0v) is 8.41. The van der Waals surface area contributed by atoms with Crippen molar-refractivity contribution >= 4 is 34.2 Å². The van der Waals surface area contributed by atoms with Crippen molar-refractivity contribution in [3.8, 4) is 0 Å². The monoisotopic (exact) mass is 307 g/mol. The number of alkyl halides is 2. The molecule has 1 rings (SSSR count). The molecular formula is C6H2ClF3IN. The van der Waals surface area contributed by atoms with Crippen LogP contribution in [0, 0.1) is 9.52 Å². The van der Waals surface area contributed by atoms with Crippen molar-refractivity contribution in [3.63, 3.8) is 0 Å². The predicted molar refractivity (Wildman–Crippen MR) is 46.9 cm³/mol. The largest absolute Gasteiger partial charge is 0.280 e. The molecule has 0 fully saturated rings. The SMILES string of the molecule is Fc1c(Cl)cc(C(F)F)nc1I. The lowest BCUT2D eigenvalue weighted by Crippen LogP contribution is -1.96. The maximum absolute atomic E-state index is 12.7. The van der Waals surface area contributed by atoms with E-state index in [0.29, 0.717) is 0 Å². The zero-order chi connectivity index (χ0) is 9.30. The third-order valence-corrected chi connectivity index (χ3v) is 2.11. The maximum Gasteiger partial charge on any atom is 0.280 e. The van der Waals surface area contributed by atoms with Crippen LogP contribution in [0.1, 0.15) is 12.1 Å². The highest BCUT2D eigenvalue weighted by Gasteiger charge is 2.14. The second-order valence-electron chi connectivity index (χ2n) is 1.93. The Labute approximate surface area is 85.1 Å². The summed E-state index contributed by atoms with van der Waals surface area (Å²) in [5, 5.41) is -0.329. The van der Waals surface area contributed by atoms with Gasteiger partial charge in [-0.2, -0.15) is 0 Å². The first-order chi connectivity index (χ1) is 5.52. The minimum atomic E-state index is -2.73. The van der Waals surface area contributed by atoms with Crippen molar-refractivity contribution in [2.75, 3.05) is 0 Å². The van der Waals surface area contributed by atoms with Gasteiger partial charge < -0.3 is 0 Å². The molecule has 0 spiro atoms. The number of rotatable bonds is 1. The highest BCUT2D eigenvalue weighted by atomic mass is 127. The van der Waals surface area contributed by atoms with Crippen molar-refractivity contribution in [3.05, 3.63) is 26.3 Å². The van der Waals surface area contributed by atoms with Crippen molar-refractivity contribution in [1.29, 1.82) is 0 Å². The summed E-state index contributed by atoms with van der Waals surface area (Å²) < 4.78 is 36.6. The number of pyridine rings is 1. The molecule has 1 aromatic heterocycles. The van der Waals surface area contributed by atoms with Gasteiger partial charge >= 0.3 is 0 Å². The van der Waals surface area contributed by atoms with E-state index in [4.69, 9.17) is 11.6 Å². The van der Waals surface area contributed by atoms with Gasteiger partial charge in [-0.25, -0.2) is 18.2 Å². The van der Waals surface area contributed by atoms with Crippen molar-refractivity contribution in [2.45, 2.75) is 6.43 Å². The summed E-state index contributed by atoms with van der Waals surface area (Å²) in [6.07, 6.45) is -2.73. The summed E-state index contributed by atoms with van der Waals surface area (Å²) in [6.45, 7) is 0. The van der Waals surface area contributed by atoms with E-state index >= 15 is 0 Å². The Morgan fingerprint density at radius 2 is 2.08 bits per heavy atom. The average molecular weight is 307 g/mol. The van der Waals surface area contributed by atoms with Crippen molar-refractivity contribution in [2.24, 2.45) is 0 Å². The molecule has 0 amide bonds. The van der Waals surface area contributed by atoms with Crippen LogP contribution >= 0.6 is 34.2 Å². The molecule has 0 aliphatic heterocycles. The van der Waals surface area contributed by atoms with Crippen LogP contribution in [-0.2, 0) is 0 Å². The molecule has 0 saturated heterocycles. The lowest BCUT2D eigenvalue weighted by atomic mass is 10.3. The molecule has 0 aromatic carbocycles. The minimum Gasteiger partial charge on any atom is -0.238 e. The third kappa shape index (κ3) is 2.01. The van der Waals surface area contributed by atoms with Crippen LogP contribution in [-0.4, -0.2) is 4.98 Å². The topological polar surface area (TPSA) is 12.9 Å². The van der Waals surface area contributed by atoms with E-state index in [-0.39, 0.29) is 8.72 Å². The molecule has 1 heterocycles. The predicted octanol–water partition coefficient (Wildman–Crippen LogP) is 3.42. The molecular weight excluding hydrogens is 305 g/mol. The molecule has 12 heavy (non-hydrogen) atoms. The molecule has 0 N–H and O–H groups in total. The van der Waals surface area contributed by atoms with Crippen LogP contribution < -0.4 is 0 Å². The Hall–Kier alpha value is -0.0400. The van der Waals surface area contributed by atoms with E-state index in [0.717, 1.165) is 6.07 Å². The van der Waals surface area contributed by atoms with E-state index in [2.05, 4.69) is 4.98 Å². The smallest absolute Gasteiger partial charge is 0.238 e. The van der Waals surface area contributed by atoms with Crippen molar-refractivity contribution < 1.29 is 13.2 Å². The highest BCUT2D eigenvalue weighted by molar-refractivity contribution is 14.1. The van der Waals surface area contributed by atoms with Crippen LogP contribution in [0.4, 0.5) is 13.2 Å². The molecule has 1 aromatic rings. The van der Waals surface area contributed by atoms with Gasteiger partial charge in [0.15, 0.2) is 5.82 Å². The Bertz CT molecular complexity index is 282. The molecule has 0 aliphatic carbocycles. The first kappa shape index (κ1) is 10.0. The van der Waals surface area contributed by atoms with Gasteiger partial charge in [-0.3, -0.25) is 0 Å². The van der Waals surface area contributed by atoms with Crippen LogP contribution in [0.5, 0.6) is 0 Å². The maximum atomic E-state index is 12.7. The molecule has 0 unspecified atom stereocenters. The zero-order valence-electron chi connectivity index (χ0n) is 5.49. The standard InChI is InChI=1S/C6H2ClF3IN/c7-2-1-3(5(9)10)12-6(11)4(2)8/h1,5H. The van der Waals surface area contributed by atoms with E-state index in [1.165, 1.54) is 22.6 Å². The van der Waals surface area contributed by atoms with Gasteiger partial charge in [-0.05, 0) is 28.7 Å². The molecule has 6 heteroatoms. The highest BCUT2D eigenvalue weighted by Crippen LogP contribution is 2.24. The number of nitrogens with zero attached hydrogens (tertiary/aromatic N) is 1. The van der Waals surface area contributed by atoms with Gasteiger partial charge in [0.25, 0.3) is 6.43 Å². The molecule has 0 aliphatic rings. The molecule has 0 bridgehead atoms. The summed E-state index contributed by atoms with van der Waals surface area (Å²) in [6, 6.07) is 0.823. The summed E-state index contributed by atoms with van der Waals surface area (Å²) in [7, 11) is 0. The normalized spacial score (nSPS) is 10.8. The second-order valence-corrected chi connectivity index (χ2v) is 3.36. The first-order valence-corrected chi connectivity index (χ1v) is 4.27. The fourth-order valence-corrected chi connectivity index (χ4v) is 1.53. The van der Waals surface area contributed by atoms with Crippen LogP contribution in [0.2, 0.25) is 5.02 Å². The first-order valence-electron chi connectivity index (χ1n) is 2.82.